The van der Waals surface area contributed by atoms with Crippen LogP contribution in [-0.4, -0.2) is 68.5 Å². The number of aliphatic hydroxyl groups is 1. The van der Waals surface area contributed by atoms with Gasteiger partial charge in [0.15, 0.2) is 9.84 Å². The van der Waals surface area contributed by atoms with Crippen LogP contribution >= 0.6 is 0 Å². The third-order valence-electron chi connectivity index (χ3n) is 5.80. The summed E-state index contributed by atoms with van der Waals surface area (Å²) in [6.07, 6.45) is -0.673. The molecule has 0 radical (unpaired) electrons. The topological polar surface area (TPSA) is 147 Å². The Balaban J connectivity index is 0.000000588. The maximum Gasteiger partial charge on any atom is 0.340 e. The van der Waals surface area contributed by atoms with E-state index in [1.54, 1.807) is 27.1 Å². The molecule has 3 heterocycles. The molecule has 2 amide bonds. The number of rotatable bonds is 4. The third-order valence-corrected chi connectivity index (χ3v) is 7.52. The lowest BCUT2D eigenvalue weighted by Gasteiger charge is -2.15. The summed E-state index contributed by atoms with van der Waals surface area (Å²) in [6, 6.07) is 2.67. The molecule has 0 aliphatic carbocycles. The second-order valence-electron chi connectivity index (χ2n) is 8.68. The quantitative estimate of drug-likeness (QED) is 0.405. The van der Waals surface area contributed by atoms with Crippen LogP contribution in [0.2, 0.25) is 0 Å². The van der Waals surface area contributed by atoms with Crippen LogP contribution in [0.15, 0.2) is 25.8 Å². The van der Waals surface area contributed by atoms with Crippen LogP contribution in [0, 0.1) is 20.8 Å². The van der Waals surface area contributed by atoms with Crippen molar-refractivity contribution in [1.82, 2.24) is 10.2 Å². The number of nitrogens with zero attached hydrogens (tertiary/aromatic N) is 1. The molecule has 0 spiro atoms. The van der Waals surface area contributed by atoms with Crippen molar-refractivity contribution < 1.29 is 31.9 Å². The molecule has 1 saturated heterocycles. The van der Waals surface area contributed by atoms with E-state index in [0.29, 0.717) is 22.1 Å². The Morgan fingerprint density at radius 2 is 1.71 bits per heavy atom. The molecular formula is C23H28N2O8S. The molecule has 1 aromatic carbocycles. The van der Waals surface area contributed by atoms with Crippen LogP contribution in [-0.2, 0) is 25.8 Å². The van der Waals surface area contributed by atoms with Gasteiger partial charge in [0.1, 0.15) is 16.9 Å². The molecular weight excluding hydrogens is 464 g/mol. The Labute approximate surface area is 196 Å². The molecule has 10 nitrogen and oxygen atoms in total. The van der Waals surface area contributed by atoms with Crippen LogP contribution in [0.5, 0.6) is 0 Å². The third kappa shape index (κ3) is 5.31. The molecule has 184 valence electrons. The number of aliphatic hydroxyl groups excluding tert-OH is 1. The van der Waals surface area contributed by atoms with Gasteiger partial charge in [-0.15, -0.1) is 0 Å². The van der Waals surface area contributed by atoms with Gasteiger partial charge in [0, 0.05) is 30.9 Å². The fourth-order valence-electron chi connectivity index (χ4n) is 3.81. The molecule has 1 aliphatic rings. The lowest BCUT2D eigenvalue weighted by Crippen LogP contribution is -2.43. The van der Waals surface area contributed by atoms with Crippen molar-refractivity contribution in [2.75, 3.05) is 25.6 Å². The van der Waals surface area contributed by atoms with E-state index in [1.165, 1.54) is 4.90 Å². The molecule has 2 unspecified atom stereocenters. The van der Waals surface area contributed by atoms with E-state index in [9.17, 15) is 27.9 Å². The van der Waals surface area contributed by atoms with Crippen LogP contribution in [0.25, 0.3) is 21.9 Å². The fourth-order valence-corrected chi connectivity index (χ4v) is 5.56. The van der Waals surface area contributed by atoms with E-state index >= 15 is 0 Å². The van der Waals surface area contributed by atoms with E-state index in [4.69, 9.17) is 8.83 Å². The average Bonchev–Trinajstić information content (AvgIpc) is 3.17. The normalized spacial score (nSPS) is 19.0. The minimum absolute atomic E-state index is 0.197. The standard InChI is InChI=1S/C20H21NO7S.C3H7NO/c1-9-11(3)27-17-6-18-13(4-12(9)17)10(2)14(20(24)28-18)5-19(23)21-15-7-29(25,26)8-16(15)22;1-4(2)3-5/h4,6,15-16,22H,5,7-8H2,1-3H3,(H,21,23);3H,1-2H3. The van der Waals surface area contributed by atoms with Gasteiger partial charge < -0.3 is 24.2 Å². The van der Waals surface area contributed by atoms with Crippen LogP contribution in [0.1, 0.15) is 22.5 Å². The molecule has 2 atom stereocenters. The Morgan fingerprint density at radius 1 is 1.12 bits per heavy atom. The largest absolute Gasteiger partial charge is 0.461 e. The molecule has 11 heteroatoms. The first kappa shape index (κ1) is 25.4. The van der Waals surface area contributed by atoms with E-state index in [0.717, 1.165) is 23.1 Å². The predicted octanol–water partition coefficient (Wildman–Crippen LogP) is 0.985. The first-order chi connectivity index (χ1) is 15.8. The van der Waals surface area contributed by atoms with E-state index in [1.807, 2.05) is 19.9 Å². The summed E-state index contributed by atoms with van der Waals surface area (Å²) in [6.45, 7) is 5.54. The second-order valence-corrected chi connectivity index (χ2v) is 10.8. The zero-order chi connectivity index (χ0) is 25.4. The van der Waals surface area contributed by atoms with Gasteiger partial charge in [-0.05, 0) is 38.0 Å². The van der Waals surface area contributed by atoms with Gasteiger partial charge in [-0.2, -0.15) is 0 Å². The summed E-state index contributed by atoms with van der Waals surface area (Å²) < 4.78 is 34.3. The van der Waals surface area contributed by atoms with Crippen molar-refractivity contribution in [3.63, 3.8) is 0 Å². The van der Waals surface area contributed by atoms with Crippen molar-refractivity contribution in [3.8, 4) is 0 Å². The number of carbonyl (C=O) groups is 2. The van der Waals surface area contributed by atoms with E-state index in [2.05, 4.69) is 5.32 Å². The van der Waals surface area contributed by atoms with Crippen molar-refractivity contribution in [1.29, 1.82) is 0 Å². The molecule has 1 aliphatic heterocycles. The summed E-state index contributed by atoms with van der Waals surface area (Å²) in [5.74, 6) is -0.464. The highest BCUT2D eigenvalue weighted by Gasteiger charge is 2.37. The highest BCUT2D eigenvalue weighted by atomic mass is 32.2. The van der Waals surface area contributed by atoms with Crippen molar-refractivity contribution in [2.24, 2.45) is 0 Å². The van der Waals surface area contributed by atoms with Crippen molar-refractivity contribution in [2.45, 2.75) is 39.3 Å². The molecule has 34 heavy (non-hydrogen) atoms. The number of nitrogens with one attached hydrogen (secondary N) is 1. The molecule has 1 fully saturated rings. The number of benzene rings is 1. The number of hydrogen-bond donors (Lipinski definition) is 2. The molecule has 2 aromatic heterocycles. The van der Waals surface area contributed by atoms with Gasteiger partial charge in [0.05, 0.1) is 35.6 Å². The molecule has 2 N–H and O–H groups in total. The van der Waals surface area contributed by atoms with Gasteiger partial charge >= 0.3 is 5.63 Å². The average molecular weight is 493 g/mol. The minimum Gasteiger partial charge on any atom is -0.461 e. The van der Waals surface area contributed by atoms with E-state index in [-0.39, 0.29) is 23.5 Å². The number of carbonyl (C=O) groups excluding carboxylic acids is 2. The van der Waals surface area contributed by atoms with Crippen molar-refractivity contribution in [3.05, 3.63) is 45.0 Å². The summed E-state index contributed by atoms with van der Waals surface area (Å²) in [5, 5.41) is 14.0. The zero-order valence-corrected chi connectivity index (χ0v) is 20.5. The number of furan rings is 1. The van der Waals surface area contributed by atoms with Gasteiger partial charge in [0.25, 0.3) is 0 Å². The van der Waals surface area contributed by atoms with Crippen LogP contribution in [0.3, 0.4) is 0 Å². The number of sulfone groups is 1. The van der Waals surface area contributed by atoms with Crippen LogP contribution in [0.4, 0.5) is 0 Å². The van der Waals surface area contributed by atoms with Crippen molar-refractivity contribution >= 4 is 44.1 Å². The Kier molecular flexibility index (Phi) is 7.18. The zero-order valence-electron chi connectivity index (χ0n) is 19.7. The molecule has 3 aromatic rings. The van der Waals surface area contributed by atoms with Gasteiger partial charge in [-0.25, -0.2) is 13.2 Å². The summed E-state index contributed by atoms with van der Waals surface area (Å²) in [4.78, 5) is 35.8. The monoisotopic (exact) mass is 492 g/mol. The van der Waals surface area contributed by atoms with Crippen LogP contribution < -0.4 is 10.9 Å². The molecule has 0 saturated carbocycles. The predicted molar refractivity (Wildman–Crippen MR) is 127 cm³/mol. The van der Waals surface area contributed by atoms with Gasteiger partial charge in [-0.1, -0.05) is 0 Å². The number of hydrogen-bond acceptors (Lipinski definition) is 8. The maximum absolute atomic E-state index is 12.5. The minimum atomic E-state index is -3.39. The lowest BCUT2D eigenvalue weighted by atomic mass is 10.0. The Morgan fingerprint density at radius 3 is 2.26 bits per heavy atom. The fraction of sp³-hybridized carbons (Fsp3) is 0.435. The molecule has 4 rings (SSSR count). The lowest BCUT2D eigenvalue weighted by molar-refractivity contribution is -0.121. The Hall–Kier alpha value is -3.18. The van der Waals surface area contributed by atoms with Gasteiger partial charge in [0.2, 0.25) is 12.3 Å². The number of fused-ring (bicyclic) bond motifs is 2. The SMILES string of the molecule is CN(C)C=O.Cc1oc2cc3oc(=O)c(CC(=O)NC4CS(=O)(=O)CC4O)c(C)c3cc2c1C. The molecule has 0 bridgehead atoms. The number of aryl methyl sites for hydroxylation is 3. The highest BCUT2D eigenvalue weighted by Crippen LogP contribution is 2.31. The van der Waals surface area contributed by atoms with E-state index < -0.39 is 33.5 Å². The number of amides is 2. The first-order valence-corrected chi connectivity index (χ1v) is 12.4. The smallest absolute Gasteiger partial charge is 0.340 e. The second kappa shape index (κ2) is 9.59. The maximum atomic E-state index is 12.5. The van der Waals surface area contributed by atoms with Gasteiger partial charge in [-0.3, -0.25) is 9.59 Å². The highest BCUT2D eigenvalue weighted by molar-refractivity contribution is 7.91. The summed E-state index contributed by atoms with van der Waals surface area (Å²) in [5.41, 5.74) is 2.16. The summed E-state index contributed by atoms with van der Waals surface area (Å²) >= 11 is 0. The summed E-state index contributed by atoms with van der Waals surface area (Å²) in [7, 11) is -0.0100. The first-order valence-electron chi connectivity index (χ1n) is 10.6. The Bertz CT molecular complexity index is 1420.